The van der Waals surface area contributed by atoms with Crippen LogP contribution in [0.15, 0.2) is 0 Å². The summed E-state index contributed by atoms with van der Waals surface area (Å²) in [5.74, 6) is 0.708. The number of nitrogens with zero attached hydrogens (tertiary/aromatic N) is 2. The van der Waals surface area contributed by atoms with E-state index in [0.717, 1.165) is 25.6 Å². The molecule has 116 valence electrons. The summed E-state index contributed by atoms with van der Waals surface area (Å²) < 4.78 is 4.73. The van der Waals surface area contributed by atoms with Crippen LogP contribution in [0.25, 0.3) is 0 Å². The summed E-state index contributed by atoms with van der Waals surface area (Å²) in [7, 11) is 1.47. The van der Waals surface area contributed by atoms with Gasteiger partial charge in [0.25, 0.3) is 0 Å². The van der Waals surface area contributed by atoms with Crippen LogP contribution < -0.4 is 0 Å². The molecule has 0 radical (unpaired) electrons. The minimum Gasteiger partial charge on any atom is -0.469 e. The summed E-state index contributed by atoms with van der Waals surface area (Å²) in [6.45, 7) is 7.01. The Kier molecular flexibility index (Phi) is 6.80. The lowest BCUT2D eigenvalue weighted by atomic mass is 9.97. The lowest BCUT2D eigenvalue weighted by Gasteiger charge is -2.35. The van der Waals surface area contributed by atoms with Gasteiger partial charge in [-0.3, -0.25) is 4.79 Å². The number of piperidine rings is 1. The predicted octanol–water partition coefficient (Wildman–Crippen LogP) is 2.14. The molecule has 2 aliphatic heterocycles. The molecule has 0 saturated carbocycles. The number of hydrogen-bond acceptors (Lipinski definition) is 4. The fourth-order valence-corrected chi connectivity index (χ4v) is 3.54. The predicted molar refractivity (Wildman–Crippen MR) is 80.7 cm³/mol. The molecular formula is C16H30N2O2. The van der Waals surface area contributed by atoms with Crippen molar-refractivity contribution in [1.82, 2.24) is 9.80 Å². The average Bonchev–Trinajstić information content (AvgIpc) is 2.74. The molecule has 1 unspecified atom stereocenters. The van der Waals surface area contributed by atoms with E-state index in [9.17, 15) is 4.79 Å². The first-order chi connectivity index (χ1) is 9.78. The quantitative estimate of drug-likeness (QED) is 0.723. The van der Waals surface area contributed by atoms with E-state index in [0.29, 0.717) is 6.42 Å². The van der Waals surface area contributed by atoms with E-state index in [4.69, 9.17) is 4.74 Å². The number of esters is 1. The molecule has 4 heteroatoms. The van der Waals surface area contributed by atoms with Crippen LogP contribution in [0, 0.1) is 5.92 Å². The summed E-state index contributed by atoms with van der Waals surface area (Å²) in [4.78, 5) is 16.3. The van der Waals surface area contributed by atoms with Crippen molar-refractivity contribution >= 4 is 5.97 Å². The highest BCUT2D eigenvalue weighted by Gasteiger charge is 2.22. The normalized spacial score (nSPS) is 26.1. The summed E-state index contributed by atoms with van der Waals surface area (Å²) in [6.07, 6.45) is 8.73. The molecule has 2 rings (SSSR count). The Morgan fingerprint density at radius 1 is 1.05 bits per heavy atom. The third kappa shape index (κ3) is 5.41. The number of carbonyl (C=O) groups is 1. The van der Waals surface area contributed by atoms with E-state index >= 15 is 0 Å². The molecule has 0 amide bonds. The topological polar surface area (TPSA) is 32.8 Å². The number of rotatable bonds is 5. The first kappa shape index (κ1) is 15.8. The molecule has 0 aromatic heterocycles. The van der Waals surface area contributed by atoms with Gasteiger partial charge in [0.1, 0.15) is 0 Å². The van der Waals surface area contributed by atoms with Crippen molar-refractivity contribution in [3.63, 3.8) is 0 Å². The third-order valence-corrected chi connectivity index (χ3v) is 4.68. The zero-order valence-electron chi connectivity index (χ0n) is 13.0. The Morgan fingerprint density at radius 2 is 1.75 bits per heavy atom. The van der Waals surface area contributed by atoms with Crippen molar-refractivity contribution in [3.05, 3.63) is 0 Å². The van der Waals surface area contributed by atoms with Gasteiger partial charge >= 0.3 is 5.97 Å². The average molecular weight is 282 g/mol. The molecule has 0 aromatic rings. The van der Waals surface area contributed by atoms with Crippen LogP contribution in [0.2, 0.25) is 0 Å². The van der Waals surface area contributed by atoms with Gasteiger partial charge in [-0.25, -0.2) is 0 Å². The summed E-state index contributed by atoms with van der Waals surface area (Å²) in [6, 6.07) is 0. The Morgan fingerprint density at radius 3 is 2.45 bits per heavy atom. The van der Waals surface area contributed by atoms with Gasteiger partial charge in [0.05, 0.1) is 13.5 Å². The van der Waals surface area contributed by atoms with Crippen LogP contribution >= 0.6 is 0 Å². The zero-order valence-corrected chi connectivity index (χ0v) is 13.0. The lowest BCUT2D eigenvalue weighted by molar-refractivity contribution is -0.141. The second-order valence-corrected chi connectivity index (χ2v) is 6.35. The molecule has 2 heterocycles. The molecule has 1 atom stereocenters. The van der Waals surface area contributed by atoms with E-state index in [1.165, 1.54) is 65.3 Å². The first-order valence-electron chi connectivity index (χ1n) is 8.29. The lowest BCUT2D eigenvalue weighted by Crippen LogP contribution is -2.42. The van der Waals surface area contributed by atoms with E-state index < -0.39 is 0 Å². The van der Waals surface area contributed by atoms with Gasteiger partial charge in [-0.05, 0) is 51.2 Å². The summed E-state index contributed by atoms with van der Waals surface area (Å²) >= 11 is 0. The number of ether oxygens (including phenoxy) is 1. The zero-order chi connectivity index (χ0) is 14.2. The van der Waals surface area contributed by atoms with Crippen molar-refractivity contribution < 1.29 is 9.53 Å². The number of methoxy groups -OCH3 is 1. The molecule has 0 spiro atoms. The van der Waals surface area contributed by atoms with Crippen molar-refractivity contribution in [1.29, 1.82) is 0 Å². The van der Waals surface area contributed by atoms with Crippen LogP contribution in [0.4, 0.5) is 0 Å². The van der Waals surface area contributed by atoms with Crippen molar-refractivity contribution in [2.75, 3.05) is 46.4 Å². The molecule has 0 aromatic carbocycles. The smallest absolute Gasteiger partial charge is 0.306 e. The van der Waals surface area contributed by atoms with E-state index in [-0.39, 0.29) is 5.97 Å². The van der Waals surface area contributed by atoms with Crippen LogP contribution in [-0.4, -0.2) is 62.1 Å². The van der Waals surface area contributed by atoms with E-state index in [2.05, 4.69) is 9.80 Å². The van der Waals surface area contributed by atoms with Crippen molar-refractivity contribution in [2.24, 2.45) is 5.92 Å². The standard InChI is InChI=1S/C16H30N2O2/c1-20-16(19)8-12-18-11-6-7-15(14-18)13-17-9-4-2-3-5-10-17/h15H,2-14H2,1H3. The number of carbonyl (C=O) groups excluding carboxylic acids is 1. The largest absolute Gasteiger partial charge is 0.469 e. The van der Waals surface area contributed by atoms with Gasteiger partial charge in [-0.1, -0.05) is 12.8 Å². The highest BCUT2D eigenvalue weighted by atomic mass is 16.5. The highest BCUT2D eigenvalue weighted by Crippen LogP contribution is 2.19. The molecule has 0 N–H and O–H groups in total. The molecule has 0 aliphatic carbocycles. The van der Waals surface area contributed by atoms with Gasteiger partial charge < -0.3 is 14.5 Å². The first-order valence-corrected chi connectivity index (χ1v) is 8.29. The minimum atomic E-state index is -0.0837. The second kappa shape index (κ2) is 8.63. The summed E-state index contributed by atoms with van der Waals surface area (Å²) in [5.41, 5.74) is 0. The fraction of sp³-hybridized carbons (Fsp3) is 0.938. The van der Waals surface area contributed by atoms with Crippen molar-refractivity contribution in [2.45, 2.75) is 44.9 Å². The van der Waals surface area contributed by atoms with Crippen LogP contribution in [0.3, 0.4) is 0 Å². The van der Waals surface area contributed by atoms with E-state index in [1.807, 2.05) is 0 Å². The monoisotopic (exact) mass is 282 g/mol. The molecule has 2 fully saturated rings. The number of hydrogen-bond donors (Lipinski definition) is 0. The molecule has 2 saturated heterocycles. The summed E-state index contributed by atoms with van der Waals surface area (Å²) in [5, 5.41) is 0. The SMILES string of the molecule is COC(=O)CCN1CCCC(CN2CCCCCC2)C1. The Bertz CT molecular complexity index is 288. The maximum absolute atomic E-state index is 11.2. The molecule has 2 aliphatic rings. The van der Waals surface area contributed by atoms with Gasteiger partial charge in [0, 0.05) is 19.6 Å². The third-order valence-electron chi connectivity index (χ3n) is 4.68. The fourth-order valence-electron chi connectivity index (χ4n) is 3.54. The second-order valence-electron chi connectivity index (χ2n) is 6.35. The minimum absolute atomic E-state index is 0.0837. The maximum atomic E-state index is 11.2. The number of likely N-dealkylation sites (tertiary alicyclic amines) is 2. The van der Waals surface area contributed by atoms with Gasteiger partial charge in [-0.15, -0.1) is 0 Å². The Labute approximate surface area is 123 Å². The molecule has 4 nitrogen and oxygen atoms in total. The van der Waals surface area contributed by atoms with Crippen LogP contribution in [-0.2, 0) is 9.53 Å². The van der Waals surface area contributed by atoms with Gasteiger partial charge in [0.2, 0.25) is 0 Å². The van der Waals surface area contributed by atoms with Gasteiger partial charge in [0.15, 0.2) is 0 Å². The maximum Gasteiger partial charge on any atom is 0.306 e. The Balaban J connectivity index is 1.70. The highest BCUT2D eigenvalue weighted by molar-refractivity contribution is 5.69. The molecule has 20 heavy (non-hydrogen) atoms. The Hall–Kier alpha value is -0.610. The van der Waals surface area contributed by atoms with Crippen LogP contribution in [0.1, 0.15) is 44.9 Å². The van der Waals surface area contributed by atoms with E-state index in [1.54, 1.807) is 0 Å². The molecule has 0 bridgehead atoms. The van der Waals surface area contributed by atoms with Crippen molar-refractivity contribution in [3.8, 4) is 0 Å². The van der Waals surface area contributed by atoms with Gasteiger partial charge in [-0.2, -0.15) is 0 Å². The molecular weight excluding hydrogens is 252 g/mol. The van der Waals surface area contributed by atoms with Crippen LogP contribution in [0.5, 0.6) is 0 Å².